The number of aromatic nitrogens is 5. The Hall–Kier alpha value is -8.15. The first-order chi connectivity index (χ1) is 37.5. The number of phenols is 1. The summed E-state index contributed by atoms with van der Waals surface area (Å²) in [7, 11) is 1.66. The van der Waals surface area contributed by atoms with E-state index < -0.39 is 46.3 Å². The number of alkyl halides is 1. The summed E-state index contributed by atoms with van der Waals surface area (Å²) in [5.41, 5.74) is -0.830. The largest absolute Gasteiger partial charge is 0.508 e. The minimum atomic E-state index is -1.99. The van der Waals surface area contributed by atoms with Crippen LogP contribution in [0.15, 0.2) is 71.7 Å². The van der Waals surface area contributed by atoms with Gasteiger partial charge in [0.2, 0.25) is 0 Å². The number of hydrogen-bond donors (Lipinski definition) is 2. The molecular formula is C58H51F4N9O7. The summed E-state index contributed by atoms with van der Waals surface area (Å²) in [6.07, 6.45) is 9.31. The Morgan fingerprint density at radius 1 is 1.01 bits per heavy atom. The normalized spacial score (nSPS) is 23.1. The highest BCUT2D eigenvalue weighted by atomic mass is 19.1. The maximum absolute atomic E-state index is 17.4. The first-order valence-corrected chi connectivity index (χ1v) is 26.0. The highest BCUT2D eigenvalue weighted by Crippen LogP contribution is 2.44. The Balaban J connectivity index is 0.774. The van der Waals surface area contributed by atoms with E-state index in [9.17, 15) is 29.0 Å². The van der Waals surface area contributed by atoms with Crippen molar-refractivity contribution in [1.82, 2.24) is 34.3 Å². The van der Waals surface area contributed by atoms with Gasteiger partial charge in [-0.05, 0) is 80.4 Å². The number of pyridine rings is 3. The molecule has 4 saturated heterocycles. The van der Waals surface area contributed by atoms with Crippen molar-refractivity contribution < 1.29 is 46.8 Å². The van der Waals surface area contributed by atoms with E-state index in [0.29, 0.717) is 64.9 Å². The van der Waals surface area contributed by atoms with Gasteiger partial charge in [-0.25, -0.2) is 27.3 Å². The zero-order valence-corrected chi connectivity index (χ0v) is 42.6. The third-order valence-corrected chi connectivity index (χ3v) is 17.1. The topological polar surface area (TPSA) is 180 Å². The second-order valence-corrected chi connectivity index (χ2v) is 21.6. The summed E-state index contributed by atoms with van der Waals surface area (Å²) < 4.78 is 76.7. The number of carbonyl (C=O) groups is 2. The van der Waals surface area contributed by atoms with Crippen LogP contribution in [0, 0.1) is 29.8 Å². The van der Waals surface area contributed by atoms with Crippen molar-refractivity contribution in [1.29, 1.82) is 0 Å². The molecule has 0 radical (unpaired) electrons. The number of terminal acetylenes is 1. The van der Waals surface area contributed by atoms with Gasteiger partial charge in [0, 0.05) is 84.9 Å². The average Bonchev–Trinajstić information content (AvgIpc) is 4.32. The number of piperazine rings is 1. The number of fused-ring (bicyclic) bond motifs is 10. The molecule has 7 aromatic rings. The number of esters is 1. The highest BCUT2D eigenvalue weighted by molar-refractivity contribution is 6.03. The van der Waals surface area contributed by atoms with E-state index in [4.69, 9.17) is 25.9 Å². The van der Waals surface area contributed by atoms with Crippen molar-refractivity contribution in [2.24, 2.45) is 0 Å². The summed E-state index contributed by atoms with van der Waals surface area (Å²) in [6.45, 7) is 7.34. The van der Waals surface area contributed by atoms with Crippen LogP contribution in [0.1, 0.15) is 67.7 Å². The zero-order valence-electron chi connectivity index (χ0n) is 42.6. The van der Waals surface area contributed by atoms with Gasteiger partial charge in [0.25, 0.3) is 11.5 Å². The molecule has 2 N–H and O–H groups in total. The third-order valence-electron chi connectivity index (χ3n) is 17.1. The minimum absolute atomic E-state index is 0.00476. The molecule has 6 aliphatic heterocycles. The van der Waals surface area contributed by atoms with E-state index in [2.05, 4.69) is 27.4 Å². The van der Waals surface area contributed by atoms with E-state index in [0.717, 1.165) is 13.0 Å². The number of anilines is 2. The van der Waals surface area contributed by atoms with Crippen molar-refractivity contribution in [2.45, 2.75) is 88.0 Å². The predicted molar refractivity (Wildman–Crippen MR) is 281 cm³/mol. The van der Waals surface area contributed by atoms with E-state index in [1.165, 1.54) is 41.1 Å². The number of cyclic esters (lactones) is 1. The molecule has 20 heteroatoms. The van der Waals surface area contributed by atoms with Crippen LogP contribution in [-0.4, -0.2) is 127 Å². The molecule has 10 heterocycles. The SMILES string of the molecule is C#Cc1c(F)ccc2cc(O)cc(-c3ncc4c(N5CC6CCC(C5)N6C(=O)C(=C)CN(C)c5cc6cc7c(nc6cc5F)-c5cc6c(c(=O)n5C7)COC(=O)[C@]6(O)CC)nc(OC[C@@]56CCCN5C[C@H](F)C6)nc4c3F)c12. The Labute approximate surface area is 443 Å². The molecule has 1 amide bonds. The van der Waals surface area contributed by atoms with E-state index >= 15 is 13.2 Å². The van der Waals surface area contributed by atoms with Gasteiger partial charge in [-0.2, -0.15) is 9.97 Å². The molecule has 3 aromatic carbocycles. The smallest absolute Gasteiger partial charge is 0.343 e. The lowest BCUT2D eigenvalue weighted by Crippen LogP contribution is -2.56. The molecule has 6 aliphatic rings. The van der Waals surface area contributed by atoms with Crippen LogP contribution in [0.5, 0.6) is 11.8 Å². The van der Waals surface area contributed by atoms with Crippen LogP contribution in [0.25, 0.3) is 55.2 Å². The average molecular weight is 1060 g/mol. The van der Waals surface area contributed by atoms with Gasteiger partial charge < -0.3 is 39.0 Å². The number of halogens is 4. The molecule has 0 aliphatic carbocycles. The minimum Gasteiger partial charge on any atom is -0.508 e. The molecule has 13 rings (SSSR count). The number of carbonyl (C=O) groups excluding carboxylic acids is 2. The van der Waals surface area contributed by atoms with Crippen LogP contribution in [0.4, 0.5) is 29.1 Å². The molecule has 4 aromatic heterocycles. The molecular weight excluding hydrogens is 1010 g/mol. The molecule has 398 valence electrons. The van der Waals surface area contributed by atoms with E-state index in [1.807, 2.05) is 15.9 Å². The summed E-state index contributed by atoms with van der Waals surface area (Å²) in [5.74, 6) is -0.895. The molecule has 2 unspecified atom stereocenters. The summed E-state index contributed by atoms with van der Waals surface area (Å²) in [5, 5.41) is 23.4. The molecule has 5 atom stereocenters. The Morgan fingerprint density at radius 3 is 2.58 bits per heavy atom. The van der Waals surface area contributed by atoms with Gasteiger partial charge in [-0.3, -0.25) is 19.5 Å². The molecule has 16 nitrogen and oxygen atoms in total. The quantitative estimate of drug-likeness (QED) is 0.0610. The summed E-state index contributed by atoms with van der Waals surface area (Å²) in [6, 6.07) is 10.8. The Kier molecular flexibility index (Phi) is 11.4. The predicted octanol–water partition coefficient (Wildman–Crippen LogP) is 7.17. The van der Waals surface area contributed by atoms with Gasteiger partial charge in [-0.15, -0.1) is 6.42 Å². The number of hydrogen-bond acceptors (Lipinski definition) is 14. The third kappa shape index (κ3) is 7.52. The van der Waals surface area contributed by atoms with Crippen molar-refractivity contribution in [2.75, 3.05) is 56.2 Å². The molecule has 2 bridgehead atoms. The number of rotatable bonds is 10. The number of aliphatic hydroxyl groups is 1. The van der Waals surface area contributed by atoms with Crippen LogP contribution < -0.4 is 20.1 Å². The first-order valence-electron chi connectivity index (χ1n) is 26.0. The van der Waals surface area contributed by atoms with Crippen molar-refractivity contribution >= 4 is 56.0 Å². The van der Waals surface area contributed by atoms with E-state index in [-0.39, 0.29) is 137 Å². The number of ether oxygens (including phenoxy) is 2. The lowest BCUT2D eigenvalue weighted by Gasteiger charge is -2.42. The molecule has 0 saturated carbocycles. The van der Waals surface area contributed by atoms with Crippen LogP contribution in [0.2, 0.25) is 0 Å². The molecule has 0 spiro atoms. The van der Waals surface area contributed by atoms with Crippen LogP contribution in [-0.2, 0) is 33.1 Å². The summed E-state index contributed by atoms with van der Waals surface area (Å²) >= 11 is 0. The van der Waals surface area contributed by atoms with Crippen molar-refractivity contribution in [3.05, 3.63) is 117 Å². The number of benzene rings is 3. The molecule has 78 heavy (non-hydrogen) atoms. The highest BCUT2D eigenvalue weighted by Gasteiger charge is 2.50. The number of aromatic hydroxyl groups is 1. The Bertz CT molecular complexity index is 3910. The maximum atomic E-state index is 17.4. The maximum Gasteiger partial charge on any atom is 0.343 e. The zero-order chi connectivity index (χ0) is 54.3. The molecule has 4 fully saturated rings. The number of nitrogens with zero attached hydrogens (tertiary/aromatic N) is 9. The van der Waals surface area contributed by atoms with Gasteiger partial charge in [0.15, 0.2) is 11.4 Å². The monoisotopic (exact) mass is 1060 g/mol. The Morgan fingerprint density at radius 2 is 1.81 bits per heavy atom. The van der Waals surface area contributed by atoms with Gasteiger partial charge >= 0.3 is 12.0 Å². The lowest BCUT2D eigenvalue weighted by molar-refractivity contribution is -0.172. The number of amides is 1. The van der Waals surface area contributed by atoms with Crippen LogP contribution >= 0.6 is 0 Å². The fourth-order valence-corrected chi connectivity index (χ4v) is 13.2. The fourth-order valence-electron chi connectivity index (χ4n) is 13.2. The fraction of sp³-hybridized carbons (Fsp3) is 0.362. The lowest BCUT2D eigenvalue weighted by atomic mass is 9.86. The number of likely N-dealkylation sites (N-methyl/N-ethyl adjacent to an activating group) is 1. The first kappa shape index (κ1) is 49.4. The van der Waals surface area contributed by atoms with Crippen molar-refractivity contribution in [3.63, 3.8) is 0 Å². The van der Waals surface area contributed by atoms with E-state index in [1.54, 1.807) is 31.0 Å². The van der Waals surface area contributed by atoms with Crippen LogP contribution in [0.3, 0.4) is 0 Å². The second kappa shape index (κ2) is 18.0. The summed E-state index contributed by atoms with van der Waals surface area (Å²) in [4.78, 5) is 67.1. The van der Waals surface area contributed by atoms with Gasteiger partial charge in [0.1, 0.15) is 53.8 Å². The van der Waals surface area contributed by atoms with Gasteiger partial charge in [-0.1, -0.05) is 25.5 Å². The second-order valence-electron chi connectivity index (χ2n) is 21.6. The van der Waals surface area contributed by atoms with Gasteiger partial charge in [0.05, 0.1) is 63.3 Å². The number of phenolic OH excluding ortho intramolecular Hbond substituents is 1. The standard InChI is InChI=1S/C58H51F4N9O7/c1-5-37-42(60)11-8-30-15-36(72)17-38(47(30)37)50-48(62)51-39(21-63-50)52(66-56(65-51)78-28-57-12-7-13-69(57)24-33(59)20-57)68-25-34-9-10-35(26-68)71(34)53(73)29(3)22-67(4)45-16-31-14-32-23-70-46(49(32)64-44(31)19-43(45)61)18-41-40(54(70)74)27-77-55(75)58(41,76)6-2/h1,8,11,14-19,21,33-35,72,76H,3,6-7,9-10,12-13,20,22-28H2,2,4H3/t33-,34?,35?,57+,58+/m1/s1. The van der Waals surface area contributed by atoms with Crippen molar-refractivity contribution in [3.8, 4) is 46.7 Å².